The van der Waals surface area contributed by atoms with Crippen LogP contribution in [0.1, 0.15) is 36.2 Å². The molecule has 1 saturated heterocycles. The van der Waals surface area contributed by atoms with E-state index in [2.05, 4.69) is 175 Å². The fourth-order valence-corrected chi connectivity index (χ4v) is 7.80. The van der Waals surface area contributed by atoms with Crippen LogP contribution < -0.4 is 4.90 Å². The summed E-state index contributed by atoms with van der Waals surface area (Å²) in [6, 6.07) is 48.5. The smallest absolute Gasteiger partial charge is 0.0838 e. The molecule has 0 aliphatic carbocycles. The van der Waals surface area contributed by atoms with Crippen molar-refractivity contribution in [2.75, 3.05) is 4.90 Å². The van der Waals surface area contributed by atoms with Gasteiger partial charge in [-0.25, -0.2) is 0 Å². The fraction of sp³-hybridized carbons (Fsp3) is 0.100. The lowest BCUT2D eigenvalue weighted by molar-refractivity contribution is 0.0717. The molecule has 45 heavy (non-hydrogen) atoms. The zero-order valence-corrected chi connectivity index (χ0v) is 27.5. The molecule has 6 aromatic carbocycles. The zero-order chi connectivity index (χ0) is 30.1. The van der Waals surface area contributed by atoms with Crippen molar-refractivity contribution in [3.8, 4) is 16.8 Å². The van der Waals surface area contributed by atoms with Gasteiger partial charge >= 0.3 is 0 Å². The molecule has 218 valence electrons. The third-order valence-electron chi connectivity index (χ3n) is 9.30. The number of hydrogen-bond donors (Lipinski definition) is 0. The van der Waals surface area contributed by atoms with E-state index in [9.17, 15) is 0 Å². The van der Waals surface area contributed by atoms with Gasteiger partial charge in [0.05, 0.1) is 23.2 Å². The summed E-state index contributed by atoms with van der Waals surface area (Å²) in [6.45, 7) is 0. The average molecular weight is 712 g/mol. The minimum Gasteiger partial charge on any atom is -0.366 e. The Morgan fingerprint density at radius 1 is 0.533 bits per heavy atom. The van der Waals surface area contributed by atoms with Crippen LogP contribution in [-0.4, -0.2) is 4.57 Å². The van der Waals surface area contributed by atoms with Crippen molar-refractivity contribution >= 4 is 70.7 Å². The molecule has 0 saturated carbocycles. The number of fused-ring (bicyclic) bond motifs is 8. The Balaban J connectivity index is 1.32. The van der Waals surface area contributed by atoms with Crippen molar-refractivity contribution in [1.29, 1.82) is 0 Å². The standard InChI is InChI=1S/C40H28Br2N2O/c41-27-10-14-29(15-11-27)43(30-16-12-28(42)13-17-30)31-21-26(25-9-18-35-36(23-25)40-20-19-39(35)45-40)22-32(24-31)44-37-7-3-1-5-33(37)34-6-2-4-8-38(34)44/h1-18,21-24,39-40H,19-20H2. The number of para-hydroxylation sites is 2. The Bertz CT molecular complexity index is 2140. The molecule has 0 N–H and O–H groups in total. The van der Waals surface area contributed by atoms with E-state index in [0.717, 1.165) is 44.5 Å². The van der Waals surface area contributed by atoms with Gasteiger partial charge in [-0.1, -0.05) is 80.4 Å². The molecule has 2 unspecified atom stereocenters. The highest BCUT2D eigenvalue weighted by atomic mass is 79.9. The number of benzene rings is 6. The summed E-state index contributed by atoms with van der Waals surface area (Å²) in [5.41, 5.74) is 11.9. The van der Waals surface area contributed by atoms with Gasteiger partial charge in [0.25, 0.3) is 0 Å². The molecule has 0 spiro atoms. The van der Waals surface area contributed by atoms with Crippen LogP contribution in [-0.2, 0) is 4.74 Å². The van der Waals surface area contributed by atoms with Crippen LogP contribution in [0.4, 0.5) is 17.1 Å². The Labute approximate surface area is 278 Å². The predicted molar refractivity (Wildman–Crippen MR) is 192 cm³/mol. The number of rotatable bonds is 5. The molecular formula is C40H28Br2N2O. The Morgan fingerprint density at radius 2 is 1.11 bits per heavy atom. The first-order valence-corrected chi connectivity index (χ1v) is 16.9. The van der Waals surface area contributed by atoms with Gasteiger partial charge in [0.15, 0.2) is 0 Å². The van der Waals surface area contributed by atoms with Gasteiger partial charge in [-0.3, -0.25) is 0 Å². The van der Waals surface area contributed by atoms with E-state index in [1.54, 1.807) is 0 Å². The third kappa shape index (κ3) is 4.56. The second kappa shape index (κ2) is 10.7. The molecule has 2 aliphatic heterocycles. The van der Waals surface area contributed by atoms with Gasteiger partial charge in [0.2, 0.25) is 0 Å². The van der Waals surface area contributed by atoms with Crippen molar-refractivity contribution in [3.63, 3.8) is 0 Å². The van der Waals surface area contributed by atoms with Crippen molar-refractivity contribution in [2.24, 2.45) is 0 Å². The highest BCUT2D eigenvalue weighted by molar-refractivity contribution is 9.10. The van der Waals surface area contributed by atoms with E-state index >= 15 is 0 Å². The maximum absolute atomic E-state index is 6.29. The molecule has 2 atom stereocenters. The molecule has 3 nitrogen and oxygen atoms in total. The van der Waals surface area contributed by atoms with Crippen LogP contribution in [0.15, 0.2) is 142 Å². The SMILES string of the molecule is Brc1ccc(N(c2ccc(Br)cc2)c2cc(-c3ccc4c(c3)C3CCC4O3)cc(-n3c4ccccc4c4ccccc43)c2)cc1. The van der Waals surface area contributed by atoms with Crippen molar-refractivity contribution in [3.05, 3.63) is 154 Å². The number of aromatic nitrogens is 1. The quantitative estimate of drug-likeness (QED) is 0.177. The monoisotopic (exact) mass is 710 g/mol. The number of hydrogen-bond acceptors (Lipinski definition) is 2. The lowest BCUT2D eigenvalue weighted by atomic mass is 9.89. The molecule has 7 aromatic rings. The molecule has 1 aromatic heterocycles. The van der Waals surface area contributed by atoms with Crippen LogP contribution in [0.5, 0.6) is 0 Å². The van der Waals surface area contributed by atoms with Crippen molar-refractivity contribution in [2.45, 2.75) is 25.0 Å². The Kier molecular flexibility index (Phi) is 6.48. The van der Waals surface area contributed by atoms with Gasteiger partial charge in [-0.15, -0.1) is 0 Å². The normalized spacial score (nSPS) is 16.8. The van der Waals surface area contributed by atoms with E-state index < -0.39 is 0 Å². The van der Waals surface area contributed by atoms with Crippen LogP contribution in [0, 0.1) is 0 Å². The van der Waals surface area contributed by atoms with E-state index in [-0.39, 0.29) is 12.2 Å². The third-order valence-corrected chi connectivity index (χ3v) is 10.4. The second-order valence-electron chi connectivity index (χ2n) is 11.9. The summed E-state index contributed by atoms with van der Waals surface area (Å²) in [5, 5.41) is 2.51. The Hall–Kier alpha value is -4.16. The number of ether oxygens (including phenoxy) is 1. The summed E-state index contributed by atoms with van der Waals surface area (Å²) in [7, 11) is 0. The lowest BCUT2D eigenvalue weighted by Gasteiger charge is -2.27. The summed E-state index contributed by atoms with van der Waals surface area (Å²) in [4.78, 5) is 2.35. The Morgan fingerprint density at radius 3 is 1.73 bits per heavy atom. The first-order chi connectivity index (χ1) is 22.1. The fourth-order valence-electron chi connectivity index (χ4n) is 7.27. The van der Waals surface area contributed by atoms with Crippen LogP contribution in [0.25, 0.3) is 38.6 Å². The van der Waals surface area contributed by atoms with Crippen LogP contribution >= 0.6 is 31.9 Å². The van der Waals surface area contributed by atoms with Crippen molar-refractivity contribution < 1.29 is 4.74 Å². The topological polar surface area (TPSA) is 17.4 Å². The summed E-state index contributed by atoms with van der Waals surface area (Å²) < 4.78 is 10.8. The molecule has 2 bridgehead atoms. The average Bonchev–Trinajstić information content (AvgIpc) is 3.79. The summed E-state index contributed by atoms with van der Waals surface area (Å²) in [6.07, 6.45) is 2.70. The summed E-state index contributed by atoms with van der Waals surface area (Å²) >= 11 is 7.28. The molecule has 3 heterocycles. The van der Waals surface area contributed by atoms with Gasteiger partial charge < -0.3 is 14.2 Å². The second-order valence-corrected chi connectivity index (χ2v) is 13.8. The first kappa shape index (κ1) is 27.2. The molecule has 0 amide bonds. The number of anilines is 3. The van der Waals surface area contributed by atoms with E-state index in [1.807, 2.05) is 0 Å². The van der Waals surface area contributed by atoms with Crippen LogP contribution in [0.3, 0.4) is 0 Å². The minimum atomic E-state index is 0.215. The predicted octanol–water partition coefficient (Wildman–Crippen LogP) is 12.4. The largest absolute Gasteiger partial charge is 0.366 e. The molecular weight excluding hydrogens is 684 g/mol. The molecule has 1 fully saturated rings. The lowest BCUT2D eigenvalue weighted by Crippen LogP contribution is -2.11. The highest BCUT2D eigenvalue weighted by Gasteiger charge is 2.37. The maximum Gasteiger partial charge on any atom is 0.0838 e. The van der Waals surface area contributed by atoms with E-state index in [0.29, 0.717) is 0 Å². The van der Waals surface area contributed by atoms with Crippen LogP contribution in [0.2, 0.25) is 0 Å². The summed E-state index contributed by atoms with van der Waals surface area (Å²) in [5.74, 6) is 0. The van der Waals surface area contributed by atoms with Gasteiger partial charge in [-0.2, -0.15) is 0 Å². The molecule has 0 radical (unpaired) electrons. The van der Waals surface area contributed by atoms with Gasteiger partial charge in [0, 0.05) is 42.5 Å². The first-order valence-electron chi connectivity index (χ1n) is 15.4. The van der Waals surface area contributed by atoms with Gasteiger partial charge in [-0.05, 0) is 120 Å². The number of halogens is 2. The van der Waals surface area contributed by atoms with Crippen molar-refractivity contribution in [1.82, 2.24) is 4.57 Å². The maximum atomic E-state index is 6.29. The highest BCUT2D eigenvalue weighted by Crippen LogP contribution is 2.51. The molecule has 5 heteroatoms. The van der Waals surface area contributed by atoms with Gasteiger partial charge in [0.1, 0.15) is 0 Å². The molecule has 2 aliphatic rings. The minimum absolute atomic E-state index is 0.215. The zero-order valence-electron chi connectivity index (χ0n) is 24.3. The molecule has 9 rings (SSSR count). The van der Waals surface area contributed by atoms with E-state index in [1.165, 1.54) is 44.1 Å². The number of nitrogens with zero attached hydrogens (tertiary/aromatic N) is 2. The van der Waals surface area contributed by atoms with E-state index in [4.69, 9.17) is 4.74 Å².